The highest BCUT2D eigenvalue weighted by atomic mass is 15.5. The van der Waals surface area contributed by atoms with Crippen molar-refractivity contribution >= 4 is 11.2 Å². The summed E-state index contributed by atoms with van der Waals surface area (Å²) >= 11 is 0. The lowest BCUT2D eigenvalue weighted by Crippen LogP contribution is -2.22. The molecule has 0 spiro atoms. The molecule has 2 heterocycles. The van der Waals surface area contributed by atoms with E-state index in [1.165, 1.54) is 0 Å². The molecule has 13 heavy (non-hydrogen) atoms. The van der Waals surface area contributed by atoms with E-state index in [-0.39, 0.29) is 5.54 Å². The normalized spacial score (nSPS) is 12.2. The Morgan fingerprint density at radius 2 is 2.08 bits per heavy atom. The molecule has 0 unspecified atom stereocenters. The Bertz CT molecular complexity index is 424. The lowest BCUT2D eigenvalue weighted by atomic mass is 10.1. The Balaban J connectivity index is 2.72. The van der Waals surface area contributed by atoms with Crippen molar-refractivity contribution in [3.05, 3.63) is 18.3 Å². The van der Waals surface area contributed by atoms with Gasteiger partial charge in [0.2, 0.25) is 5.65 Å². The summed E-state index contributed by atoms with van der Waals surface area (Å²) in [5.74, 6) is 0. The summed E-state index contributed by atoms with van der Waals surface area (Å²) in [6.07, 6.45) is 1.73. The van der Waals surface area contributed by atoms with Gasteiger partial charge in [-0.1, -0.05) is 5.21 Å². The van der Waals surface area contributed by atoms with E-state index >= 15 is 0 Å². The number of hydrogen-bond acceptors (Lipinski definition) is 3. The fraction of sp³-hybridized carbons (Fsp3) is 0.444. The summed E-state index contributed by atoms with van der Waals surface area (Å²) in [6.45, 7) is 6.27. The Morgan fingerprint density at radius 1 is 1.31 bits per heavy atom. The number of pyridine rings is 1. The zero-order valence-electron chi connectivity index (χ0n) is 8.02. The van der Waals surface area contributed by atoms with Crippen LogP contribution in [0.3, 0.4) is 0 Å². The minimum atomic E-state index is -0.0439. The molecule has 0 saturated carbocycles. The molecule has 0 fully saturated rings. The molecule has 4 nitrogen and oxygen atoms in total. The van der Waals surface area contributed by atoms with E-state index in [0.717, 1.165) is 5.52 Å². The first-order chi connectivity index (χ1) is 6.09. The van der Waals surface area contributed by atoms with Gasteiger partial charge in [0, 0.05) is 6.20 Å². The van der Waals surface area contributed by atoms with Gasteiger partial charge in [-0.3, -0.25) is 0 Å². The van der Waals surface area contributed by atoms with Gasteiger partial charge in [0.15, 0.2) is 0 Å². The zero-order chi connectivity index (χ0) is 9.47. The molecule has 2 aromatic rings. The van der Waals surface area contributed by atoms with E-state index < -0.39 is 0 Å². The molecule has 68 valence electrons. The van der Waals surface area contributed by atoms with Gasteiger partial charge in [-0.05, 0) is 32.9 Å². The fourth-order valence-electron chi connectivity index (χ4n) is 1.26. The highest BCUT2D eigenvalue weighted by Gasteiger charge is 2.17. The average Bonchev–Trinajstić information content (AvgIpc) is 2.45. The number of fused-ring (bicyclic) bond motifs is 1. The molecule has 2 rings (SSSR count). The molecule has 0 aliphatic carbocycles. The maximum absolute atomic E-state index is 4.12. The third-order valence-electron chi connectivity index (χ3n) is 1.86. The van der Waals surface area contributed by atoms with Crippen LogP contribution in [-0.2, 0) is 5.54 Å². The van der Waals surface area contributed by atoms with Crippen molar-refractivity contribution in [2.24, 2.45) is 0 Å². The predicted octanol–water partition coefficient (Wildman–Crippen LogP) is 1.58. The van der Waals surface area contributed by atoms with Crippen LogP contribution in [0.2, 0.25) is 0 Å². The molecule has 0 amide bonds. The molecular formula is C9H12N4. The summed E-state index contributed by atoms with van der Waals surface area (Å²) < 4.78 is 1.88. The van der Waals surface area contributed by atoms with Crippen LogP contribution in [0.4, 0.5) is 0 Å². The van der Waals surface area contributed by atoms with Crippen LogP contribution in [0.15, 0.2) is 18.3 Å². The molecule has 0 radical (unpaired) electrons. The van der Waals surface area contributed by atoms with Gasteiger partial charge < -0.3 is 0 Å². The van der Waals surface area contributed by atoms with Crippen molar-refractivity contribution < 1.29 is 0 Å². The molecule has 2 aromatic heterocycles. The highest BCUT2D eigenvalue weighted by molar-refractivity contribution is 5.69. The maximum atomic E-state index is 4.12. The highest BCUT2D eigenvalue weighted by Crippen LogP contribution is 2.17. The summed E-state index contributed by atoms with van der Waals surface area (Å²) in [5.41, 5.74) is 1.64. The van der Waals surface area contributed by atoms with Crippen LogP contribution in [0.5, 0.6) is 0 Å². The third-order valence-corrected chi connectivity index (χ3v) is 1.86. The van der Waals surface area contributed by atoms with Crippen LogP contribution in [0.1, 0.15) is 20.8 Å². The number of hydrogen-bond donors (Lipinski definition) is 0. The third kappa shape index (κ3) is 1.28. The lowest BCUT2D eigenvalue weighted by molar-refractivity contribution is 0.358. The molecule has 0 aliphatic rings. The maximum Gasteiger partial charge on any atom is 0.201 e. The second kappa shape index (κ2) is 2.52. The smallest absolute Gasteiger partial charge is 0.201 e. The van der Waals surface area contributed by atoms with Gasteiger partial charge in [-0.2, -0.15) is 0 Å². The molecule has 0 atom stereocenters. The van der Waals surface area contributed by atoms with Crippen LogP contribution < -0.4 is 0 Å². The van der Waals surface area contributed by atoms with E-state index in [2.05, 4.69) is 36.1 Å². The van der Waals surface area contributed by atoms with E-state index in [1.807, 2.05) is 16.8 Å². The predicted molar refractivity (Wildman–Crippen MR) is 50.3 cm³/mol. The van der Waals surface area contributed by atoms with Crippen molar-refractivity contribution in [1.29, 1.82) is 0 Å². The van der Waals surface area contributed by atoms with Crippen molar-refractivity contribution in [2.45, 2.75) is 26.3 Å². The lowest BCUT2D eigenvalue weighted by Gasteiger charge is -2.18. The van der Waals surface area contributed by atoms with E-state index in [4.69, 9.17) is 0 Å². The van der Waals surface area contributed by atoms with Gasteiger partial charge in [-0.25, -0.2) is 9.67 Å². The van der Waals surface area contributed by atoms with Crippen molar-refractivity contribution in [3.63, 3.8) is 0 Å². The van der Waals surface area contributed by atoms with Crippen LogP contribution in [-0.4, -0.2) is 20.0 Å². The number of nitrogens with zero attached hydrogens (tertiary/aromatic N) is 4. The Hall–Kier alpha value is -1.45. The largest absolute Gasteiger partial charge is 0.238 e. The van der Waals surface area contributed by atoms with Gasteiger partial charge in [-0.15, -0.1) is 5.10 Å². The quantitative estimate of drug-likeness (QED) is 0.612. The molecule has 0 saturated heterocycles. The van der Waals surface area contributed by atoms with Crippen LogP contribution in [0.25, 0.3) is 11.2 Å². The second-order valence-corrected chi connectivity index (χ2v) is 4.02. The van der Waals surface area contributed by atoms with Gasteiger partial charge in [0.25, 0.3) is 0 Å². The minimum Gasteiger partial charge on any atom is -0.238 e. The number of rotatable bonds is 0. The van der Waals surface area contributed by atoms with Crippen molar-refractivity contribution in [2.75, 3.05) is 0 Å². The van der Waals surface area contributed by atoms with Gasteiger partial charge >= 0.3 is 0 Å². The first-order valence-electron chi connectivity index (χ1n) is 4.26. The van der Waals surface area contributed by atoms with E-state index in [0.29, 0.717) is 5.65 Å². The van der Waals surface area contributed by atoms with Crippen LogP contribution in [0, 0.1) is 0 Å². The molecule has 0 aromatic carbocycles. The number of aromatic nitrogens is 4. The van der Waals surface area contributed by atoms with Crippen molar-refractivity contribution in [1.82, 2.24) is 20.0 Å². The topological polar surface area (TPSA) is 43.6 Å². The second-order valence-electron chi connectivity index (χ2n) is 4.02. The van der Waals surface area contributed by atoms with E-state index in [1.54, 1.807) is 6.20 Å². The van der Waals surface area contributed by atoms with E-state index in [9.17, 15) is 0 Å². The monoisotopic (exact) mass is 176 g/mol. The molecule has 0 bridgehead atoms. The van der Waals surface area contributed by atoms with Gasteiger partial charge in [0.1, 0.15) is 5.52 Å². The minimum absolute atomic E-state index is 0.0439. The molecular weight excluding hydrogens is 164 g/mol. The first kappa shape index (κ1) is 8.16. The van der Waals surface area contributed by atoms with Gasteiger partial charge in [0.05, 0.1) is 5.54 Å². The SMILES string of the molecule is CC(C)(C)n1nnc2ncccc21. The Morgan fingerprint density at radius 3 is 2.77 bits per heavy atom. The Kier molecular flexibility index (Phi) is 1.58. The fourth-order valence-corrected chi connectivity index (χ4v) is 1.26. The average molecular weight is 176 g/mol. The summed E-state index contributed by atoms with van der Waals surface area (Å²) in [4.78, 5) is 4.12. The molecule has 0 N–H and O–H groups in total. The molecule has 4 heteroatoms. The summed E-state index contributed by atoms with van der Waals surface area (Å²) in [6, 6.07) is 3.88. The van der Waals surface area contributed by atoms with Crippen LogP contribution >= 0.6 is 0 Å². The zero-order valence-corrected chi connectivity index (χ0v) is 8.02. The van der Waals surface area contributed by atoms with Crippen molar-refractivity contribution in [3.8, 4) is 0 Å². The first-order valence-corrected chi connectivity index (χ1v) is 4.26. The molecule has 0 aliphatic heterocycles. The standard InChI is InChI=1S/C9H12N4/c1-9(2,3)13-7-5-4-6-10-8(7)11-12-13/h4-6H,1-3H3. The summed E-state index contributed by atoms with van der Waals surface area (Å²) in [7, 11) is 0. The summed E-state index contributed by atoms with van der Waals surface area (Å²) in [5, 5.41) is 8.06. The Labute approximate surface area is 76.6 Å².